The topological polar surface area (TPSA) is 112 Å². The number of pyridine rings is 1. The van der Waals surface area contributed by atoms with Gasteiger partial charge in [0.1, 0.15) is 11.6 Å². The number of hydrogen-bond donors (Lipinski definition) is 2. The van der Waals surface area contributed by atoms with Gasteiger partial charge in [0, 0.05) is 6.20 Å². The molecule has 0 unspecified atom stereocenters. The van der Waals surface area contributed by atoms with Gasteiger partial charge in [-0.05, 0) is 25.3 Å². The van der Waals surface area contributed by atoms with Crippen LogP contribution >= 0.6 is 0 Å². The van der Waals surface area contributed by atoms with Gasteiger partial charge in [0.25, 0.3) is 0 Å². The van der Waals surface area contributed by atoms with Crippen molar-refractivity contribution >= 4 is 11.5 Å². The van der Waals surface area contributed by atoms with Gasteiger partial charge >= 0.3 is 5.69 Å². The number of nitrogens with zero attached hydrogens (tertiary/aromatic N) is 3. The second kappa shape index (κ2) is 4.58. The number of anilines is 1. The normalized spacial score (nSPS) is 16.4. The van der Waals surface area contributed by atoms with Crippen LogP contribution in [0.4, 0.5) is 11.5 Å². The highest BCUT2D eigenvalue weighted by molar-refractivity contribution is 5.65. The third-order valence-electron chi connectivity index (χ3n) is 3.22. The molecule has 1 fully saturated rings. The molecule has 1 aromatic rings. The van der Waals surface area contributed by atoms with Crippen LogP contribution in [-0.2, 0) is 0 Å². The molecule has 1 heterocycles. The molecule has 0 amide bonds. The fraction of sp³-hybridized carbons (Fsp3) is 0.455. The van der Waals surface area contributed by atoms with Crippen LogP contribution in [0.15, 0.2) is 12.3 Å². The molecule has 0 spiro atoms. The Morgan fingerprint density at radius 3 is 2.83 bits per heavy atom. The average Bonchev–Trinajstić information content (AvgIpc) is 2.33. The van der Waals surface area contributed by atoms with Crippen molar-refractivity contribution in [2.75, 3.05) is 11.9 Å². The third-order valence-corrected chi connectivity index (χ3v) is 3.22. The summed E-state index contributed by atoms with van der Waals surface area (Å²) in [4.78, 5) is 14.3. The average molecular weight is 248 g/mol. The van der Waals surface area contributed by atoms with Crippen molar-refractivity contribution < 1.29 is 10.0 Å². The van der Waals surface area contributed by atoms with Gasteiger partial charge in [-0.2, -0.15) is 5.26 Å². The standard InChI is InChI=1S/C11H12N4O3/c12-6-8-2-5-13-10(9(8)15(17)18)14-11(7-16)3-1-4-11/h2,5,16H,1,3-4,7H2,(H,13,14). The zero-order valence-electron chi connectivity index (χ0n) is 9.59. The second-order valence-corrected chi connectivity index (χ2v) is 4.34. The van der Waals surface area contributed by atoms with Gasteiger partial charge in [0.05, 0.1) is 17.1 Å². The Kier molecular flexibility index (Phi) is 3.12. The Morgan fingerprint density at radius 1 is 1.67 bits per heavy atom. The summed E-state index contributed by atoms with van der Waals surface area (Å²) >= 11 is 0. The summed E-state index contributed by atoms with van der Waals surface area (Å²) in [5.41, 5.74) is -0.907. The Hall–Kier alpha value is -2.20. The lowest BCUT2D eigenvalue weighted by molar-refractivity contribution is -0.384. The number of nitro groups is 1. The van der Waals surface area contributed by atoms with Gasteiger partial charge in [-0.25, -0.2) is 4.98 Å². The van der Waals surface area contributed by atoms with Gasteiger partial charge in [-0.1, -0.05) is 0 Å². The predicted molar refractivity (Wildman–Crippen MR) is 62.9 cm³/mol. The van der Waals surface area contributed by atoms with Crippen LogP contribution in [0.2, 0.25) is 0 Å². The summed E-state index contributed by atoms with van der Waals surface area (Å²) in [7, 11) is 0. The first-order valence-electron chi connectivity index (χ1n) is 5.54. The van der Waals surface area contributed by atoms with E-state index in [2.05, 4.69) is 10.3 Å². The van der Waals surface area contributed by atoms with Crippen LogP contribution < -0.4 is 5.32 Å². The molecular weight excluding hydrogens is 236 g/mol. The number of hydrogen-bond acceptors (Lipinski definition) is 6. The number of nitrogens with one attached hydrogen (secondary N) is 1. The van der Waals surface area contributed by atoms with E-state index in [1.165, 1.54) is 12.3 Å². The fourth-order valence-electron chi connectivity index (χ4n) is 2.00. The molecule has 0 saturated heterocycles. The molecule has 0 aromatic carbocycles. The van der Waals surface area contributed by atoms with E-state index in [0.29, 0.717) is 0 Å². The highest BCUT2D eigenvalue weighted by Crippen LogP contribution is 2.37. The summed E-state index contributed by atoms with van der Waals surface area (Å²) in [6.07, 6.45) is 3.77. The summed E-state index contributed by atoms with van der Waals surface area (Å²) in [6.45, 7) is -0.109. The van der Waals surface area contributed by atoms with E-state index in [0.717, 1.165) is 19.3 Å². The maximum absolute atomic E-state index is 11.0. The quantitative estimate of drug-likeness (QED) is 0.611. The van der Waals surface area contributed by atoms with Crippen molar-refractivity contribution in [2.45, 2.75) is 24.8 Å². The number of aromatic nitrogens is 1. The first kappa shape index (κ1) is 12.3. The van der Waals surface area contributed by atoms with Gasteiger partial charge in [0.15, 0.2) is 0 Å². The van der Waals surface area contributed by atoms with Crippen molar-refractivity contribution in [2.24, 2.45) is 0 Å². The second-order valence-electron chi connectivity index (χ2n) is 4.34. The molecule has 7 nitrogen and oxygen atoms in total. The molecule has 7 heteroatoms. The molecule has 0 radical (unpaired) electrons. The first-order valence-corrected chi connectivity index (χ1v) is 5.54. The lowest BCUT2D eigenvalue weighted by atomic mass is 9.77. The van der Waals surface area contributed by atoms with Crippen LogP contribution in [-0.4, -0.2) is 27.2 Å². The largest absolute Gasteiger partial charge is 0.394 e. The Balaban J connectivity index is 2.39. The Labute approximate surface area is 103 Å². The minimum Gasteiger partial charge on any atom is -0.394 e. The maximum atomic E-state index is 11.0. The Bertz CT molecular complexity index is 514. The molecule has 1 aromatic heterocycles. The molecule has 18 heavy (non-hydrogen) atoms. The highest BCUT2D eigenvalue weighted by atomic mass is 16.6. The number of aliphatic hydroxyl groups is 1. The molecule has 1 saturated carbocycles. The van der Waals surface area contributed by atoms with Crippen LogP contribution in [0, 0.1) is 21.4 Å². The smallest absolute Gasteiger partial charge is 0.328 e. The van der Waals surface area contributed by atoms with Gasteiger partial charge in [-0.3, -0.25) is 10.1 Å². The molecule has 2 N–H and O–H groups in total. The number of nitriles is 1. The lowest BCUT2D eigenvalue weighted by Gasteiger charge is -2.41. The number of aliphatic hydroxyl groups excluding tert-OH is 1. The Morgan fingerprint density at radius 2 is 2.39 bits per heavy atom. The zero-order valence-corrected chi connectivity index (χ0v) is 9.59. The van der Waals surface area contributed by atoms with E-state index in [-0.39, 0.29) is 23.7 Å². The molecule has 1 aliphatic rings. The van der Waals surface area contributed by atoms with Crippen molar-refractivity contribution in [3.05, 3.63) is 27.9 Å². The van der Waals surface area contributed by atoms with Crippen molar-refractivity contribution in [1.29, 1.82) is 5.26 Å². The molecule has 1 aliphatic carbocycles. The van der Waals surface area contributed by atoms with E-state index in [1.54, 1.807) is 6.07 Å². The SMILES string of the molecule is N#Cc1ccnc(NC2(CO)CCC2)c1[N+](=O)[O-]. The van der Waals surface area contributed by atoms with Gasteiger partial charge in [-0.15, -0.1) is 0 Å². The minimum atomic E-state index is -0.627. The van der Waals surface area contributed by atoms with Gasteiger partial charge < -0.3 is 10.4 Å². The van der Waals surface area contributed by atoms with Crippen LogP contribution in [0.5, 0.6) is 0 Å². The van der Waals surface area contributed by atoms with Crippen molar-refractivity contribution in [3.8, 4) is 6.07 Å². The third kappa shape index (κ3) is 1.98. The maximum Gasteiger partial charge on any atom is 0.328 e. The van der Waals surface area contributed by atoms with Crippen LogP contribution in [0.25, 0.3) is 0 Å². The summed E-state index contributed by atoms with van der Waals surface area (Å²) in [5.74, 6) is 0.0489. The molecule has 0 aliphatic heterocycles. The van der Waals surface area contributed by atoms with Crippen LogP contribution in [0.3, 0.4) is 0 Å². The summed E-state index contributed by atoms with van der Waals surface area (Å²) in [5, 5.41) is 32.1. The fourth-order valence-corrected chi connectivity index (χ4v) is 2.00. The zero-order chi connectivity index (χ0) is 13.2. The molecule has 0 atom stereocenters. The van der Waals surface area contributed by atoms with E-state index >= 15 is 0 Å². The molecular formula is C11H12N4O3. The molecule has 0 bridgehead atoms. The van der Waals surface area contributed by atoms with E-state index in [4.69, 9.17) is 5.26 Å². The van der Waals surface area contributed by atoms with Crippen molar-refractivity contribution in [1.82, 2.24) is 4.98 Å². The minimum absolute atomic E-state index is 0.0371. The predicted octanol–water partition coefficient (Wildman–Crippen LogP) is 1.19. The van der Waals surface area contributed by atoms with Crippen molar-refractivity contribution in [3.63, 3.8) is 0 Å². The van der Waals surface area contributed by atoms with E-state index in [9.17, 15) is 15.2 Å². The molecule has 2 rings (SSSR count). The highest BCUT2D eigenvalue weighted by Gasteiger charge is 2.38. The summed E-state index contributed by atoms with van der Waals surface area (Å²) < 4.78 is 0. The van der Waals surface area contributed by atoms with E-state index in [1.807, 2.05) is 0 Å². The lowest BCUT2D eigenvalue weighted by Crippen LogP contribution is -2.48. The number of rotatable bonds is 4. The van der Waals surface area contributed by atoms with E-state index < -0.39 is 10.5 Å². The van der Waals surface area contributed by atoms with Crippen LogP contribution in [0.1, 0.15) is 24.8 Å². The monoisotopic (exact) mass is 248 g/mol. The first-order chi connectivity index (χ1) is 8.62. The van der Waals surface area contributed by atoms with Gasteiger partial charge in [0.2, 0.25) is 5.82 Å². The molecule has 94 valence electrons. The summed E-state index contributed by atoms with van der Waals surface area (Å²) in [6, 6.07) is 3.07.